The third kappa shape index (κ3) is 3.14. The molecule has 0 spiro atoms. The Kier molecular flexibility index (Phi) is 4.08. The molecule has 3 aromatic carbocycles. The minimum absolute atomic E-state index is 0.211. The topological polar surface area (TPSA) is 67.1 Å². The van der Waals surface area contributed by atoms with Crippen LogP contribution in [-0.2, 0) is 6.61 Å². The predicted octanol–water partition coefficient (Wildman–Crippen LogP) is 4.50. The van der Waals surface area contributed by atoms with E-state index < -0.39 is 0 Å². The van der Waals surface area contributed by atoms with Gasteiger partial charge in [0.25, 0.3) is 0 Å². The number of aromatic amines is 2. The maximum absolute atomic E-state index is 11.5. The monoisotopic (exact) mass is 382 g/mol. The van der Waals surface area contributed by atoms with Gasteiger partial charge in [0.2, 0.25) is 0 Å². The predicted molar refractivity (Wildman–Crippen MR) is 113 cm³/mol. The number of imidazole rings is 1. The van der Waals surface area contributed by atoms with E-state index >= 15 is 0 Å². The highest BCUT2D eigenvalue weighted by atomic mass is 16.5. The minimum atomic E-state index is -0.211. The van der Waals surface area contributed by atoms with Crippen LogP contribution in [0.2, 0.25) is 0 Å². The number of H-pyrrole nitrogens is 2. The molecule has 0 radical (unpaired) electrons. The standard InChI is InChI=1S/C24H18N2O3/c1-28-17-8-10-20-19(18-5-3-2-4-16(18)14-29-23(20)13-17)9-6-15-7-11-21-22(12-15)26-24(27)25-21/h2-8,10-13H,14H2,1H3,(H2,25,26,27). The summed E-state index contributed by atoms with van der Waals surface area (Å²) in [4.78, 5) is 17.1. The van der Waals surface area contributed by atoms with Gasteiger partial charge >= 0.3 is 5.69 Å². The number of ether oxygens (including phenoxy) is 2. The first-order valence-electron chi connectivity index (χ1n) is 9.29. The third-order valence-electron chi connectivity index (χ3n) is 5.05. The van der Waals surface area contributed by atoms with Gasteiger partial charge in [0.05, 0.1) is 18.1 Å². The molecule has 1 aliphatic heterocycles. The van der Waals surface area contributed by atoms with Crippen molar-refractivity contribution < 1.29 is 9.47 Å². The van der Waals surface area contributed by atoms with Gasteiger partial charge in [0.15, 0.2) is 0 Å². The third-order valence-corrected chi connectivity index (χ3v) is 5.05. The van der Waals surface area contributed by atoms with Crippen LogP contribution in [0.5, 0.6) is 11.5 Å². The molecule has 5 rings (SSSR count). The normalized spacial score (nSPS) is 12.4. The average molecular weight is 382 g/mol. The Bertz CT molecular complexity index is 1350. The number of hydrogen-bond acceptors (Lipinski definition) is 3. The Labute approximate surface area is 166 Å². The van der Waals surface area contributed by atoms with Gasteiger partial charge in [0.1, 0.15) is 18.1 Å². The fourth-order valence-corrected chi connectivity index (χ4v) is 3.60. The van der Waals surface area contributed by atoms with Crippen molar-refractivity contribution in [2.24, 2.45) is 0 Å². The van der Waals surface area contributed by atoms with Crippen molar-refractivity contribution >= 4 is 22.7 Å². The molecule has 0 fully saturated rings. The van der Waals surface area contributed by atoms with Crippen molar-refractivity contribution in [1.82, 2.24) is 9.97 Å². The number of fused-ring (bicyclic) bond motifs is 3. The minimum Gasteiger partial charge on any atom is -0.497 e. The molecule has 29 heavy (non-hydrogen) atoms. The van der Waals surface area contributed by atoms with Crippen molar-refractivity contribution in [2.45, 2.75) is 6.61 Å². The van der Waals surface area contributed by atoms with Crippen LogP contribution in [-0.4, -0.2) is 17.1 Å². The van der Waals surface area contributed by atoms with Crippen molar-refractivity contribution in [3.63, 3.8) is 0 Å². The molecule has 0 bridgehead atoms. The lowest BCUT2D eigenvalue weighted by atomic mass is 9.94. The van der Waals surface area contributed by atoms with Crippen LogP contribution < -0.4 is 15.2 Å². The molecule has 4 aromatic rings. The molecule has 0 amide bonds. The molecule has 2 heterocycles. The highest BCUT2D eigenvalue weighted by molar-refractivity contribution is 5.87. The molecular weight excluding hydrogens is 364 g/mol. The number of rotatable bonds is 2. The summed E-state index contributed by atoms with van der Waals surface area (Å²) in [6, 6.07) is 19.8. The van der Waals surface area contributed by atoms with Crippen LogP contribution in [0.4, 0.5) is 0 Å². The summed E-state index contributed by atoms with van der Waals surface area (Å²) in [6.45, 7) is 0.484. The summed E-state index contributed by atoms with van der Waals surface area (Å²) in [5.74, 6) is 1.52. The lowest BCUT2D eigenvalue weighted by Gasteiger charge is -2.09. The van der Waals surface area contributed by atoms with Gasteiger partial charge in [-0.3, -0.25) is 0 Å². The number of hydrogen-bond donors (Lipinski definition) is 2. The summed E-state index contributed by atoms with van der Waals surface area (Å²) < 4.78 is 11.4. The first-order chi connectivity index (χ1) is 14.2. The molecule has 142 valence electrons. The van der Waals surface area contributed by atoms with Gasteiger partial charge < -0.3 is 19.4 Å². The quantitative estimate of drug-likeness (QED) is 0.502. The van der Waals surface area contributed by atoms with Crippen LogP contribution in [0.15, 0.2) is 71.2 Å². The van der Waals surface area contributed by atoms with Gasteiger partial charge in [-0.15, -0.1) is 5.73 Å². The van der Waals surface area contributed by atoms with Crippen molar-refractivity contribution in [3.8, 4) is 11.5 Å². The fraction of sp³-hybridized carbons (Fsp3) is 0.0833. The fourth-order valence-electron chi connectivity index (χ4n) is 3.60. The van der Waals surface area contributed by atoms with E-state index in [1.54, 1.807) is 7.11 Å². The van der Waals surface area contributed by atoms with E-state index in [4.69, 9.17) is 9.47 Å². The summed E-state index contributed by atoms with van der Waals surface area (Å²) in [5, 5.41) is 0. The zero-order chi connectivity index (χ0) is 19.8. The molecule has 5 nitrogen and oxygen atoms in total. The smallest absolute Gasteiger partial charge is 0.323 e. The van der Waals surface area contributed by atoms with Crippen molar-refractivity contribution in [2.75, 3.05) is 7.11 Å². The second kappa shape index (κ2) is 6.89. The van der Waals surface area contributed by atoms with E-state index in [-0.39, 0.29) is 5.69 Å². The highest BCUT2D eigenvalue weighted by Gasteiger charge is 2.19. The largest absolute Gasteiger partial charge is 0.497 e. The van der Waals surface area contributed by atoms with Gasteiger partial charge in [-0.05, 0) is 47.0 Å². The van der Waals surface area contributed by atoms with Crippen molar-refractivity contribution in [3.05, 3.63) is 99.1 Å². The Balaban J connectivity index is 1.71. The maximum Gasteiger partial charge on any atom is 0.323 e. The van der Waals surface area contributed by atoms with E-state index in [1.807, 2.05) is 54.6 Å². The number of nitrogens with one attached hydrogen (secondary N) is 2. The Morgan fingerprint density at radius 1 is 1.00 bits per heavy atom. The van der Waals surface area contributed by atoms with Crippen molar-refractivity contribution in [1.29, 1.82) is 0 Å². The summed E-state index contributed by atoms with van der Waals surface area (Å²) in [7, 11) is 1.64. The van der Waals surface area contributed by atoms with E-state index in [1.165, 1.54) is 0 Å². The summed E-state index contributed by atoms with van der Waals surface area (Å²) >= 11 is 0. The van der Waals surface area contributed by atoms with Crippen LogP contribution in [0.1, 0.15) is 22.3 Å². The van der Waals surface area contributed by atoms with Crippen LogP contribution >= 0.6 is 0 Å². The first kappa shape index (κ1) is 17.2. The van der Waals surface area contributed by atoms with Crippen LogP contribution in [0.25, 0.3) is 22.7 Å². The molecule has 1 aliphatic rings. The second-order valence-corrected chi connectivity index (χ2v) is 6.86. The SMILES string of the molecule is COc1ccc2c(c1)OCc1ccccc1C2=C=Cc1ccc2[nH]c(=O)[nH]c2c1. The first-order valence-corrected chi connectivity index (χ1v) is 9.29. The molecule has 0 saturated heterocycles. The molecule has 5 heteroatoms. The van der Waals surface area contributed by atoms with E-state index in [0.717, 1.165) is 50.4 Å². The van der Waals surface area contributed by atoms with Crippen LogP contribution in [0, 0.1) is 0 Å². The van der Waals surface area contributed by atoms with E-state index in [2.05, 4.69) is 27.8 Å². The maximum atomic E-state index is 11.5. The molecule has 0 aliphatic carbocycles. The lowest BCUT2D eigenvalue weighted by Crippen LogP contribution is -1.99. The Hall–Kier alpha value is -3.95. The molecule has 0 atom stereocenters. The molecule has 0 unspecified atom stereocenters. The zero-order valence-electron chi connectivity index (χ0n) is 15.8. The van der Waals surface area contributed by atoms with E-state index in [9.17, 15) is 4.79 Å². The summed E-state index contributed by atoms with van der Waals surface area (Å²) in [5.41, 5.74) is 9.86. The van der Waals surface area contributed by atoms with Crippen LogP contribution in [0.3, 0.4) is 0 Å². The van der Waals surface area contributed by atoms with Gasteiger partial charge in [0, 0.05) is 17.2 Å². The Morgan fingerprint density at radius 3 is 2.76 bits per heavy atom. The zero-order valence-corrected chi connectivity index (χ0v) is 15.8. The number of methoxy groups -OCH3 is 1. The van der Waals surface area contributed by atoms with Gasteiger partial charge in [-0.2, -0.15) is 0 Å². The average Bonchev–Trinajstić information content (AvgIpc) is 3.04. The van der Waals surface area contributed by atoms with E-state index in [0.29, 0.717) is 6.61 Å². The lowest BCUT2D eigenvalue weighted by molar-refractivity contribution is 0.304. The highest BCUT2D eigenvalue weighted by Crippen LogP contribution is 2.38. The molecule has 2 N–H and O–H groups in total. The van der Waals surface area contributed by atoms with Gasteiger partial charge in [-0.1, -0.05) is 30.3 Å². The Morgan fingerprint density at radius 2 is 1.86 bits per heavy atom. The molecule has 0 saturated carbocycles. The van der Waals surface area contributed by atoms with Gasteiger partial charge in [-0.25, -0.2) is 4.79 Å². The molecule has 1 aromatic heterocycles. The second-order valence-electron chi connectivity index (χ2n) is 6.86. The summed E-state index contributed by atoms with van der Waals surface area (Å²) in [6.07, 6.45) is 1.93. The number of aromatic nitrogens is 2. The molecular formula is C24H18N2O3. The number of benzene rings is 3.